The number of hydrogen-bond acceptors (Lipinski definition) is 4. The van der Waals surface area contributed by atoms with Gasteiger partial charge >= 0.3 is 0 Å². The molecule has 1 amide bonds. The van der Waals surface area contributed by atoms with Crippen molar-refractivity contribution in [2.45, 2.75) is 26.3 Å². The van der Waals surface area contributed by atoms with Crippen LogP contribution in [0.3, 0.4) is 0 Å². The largest absolute Gasteiger partial charge is 0.344 e. The molecule has 0 N–H and O–H groups in total. The van der Waals surface area contributed by atoms with Gasteiger partial charge in [-0.25, -0.2) is 4.68 Å². The Morgan fingerprint density at radius 3 is 2.57 bits per heavy atom. The molecule has 1 aromatic heterocycles. The van der Waals surface area contributed by atoms with E-state index in [4.69, 9.17) is 0 Å². The number of carbonyl (C=O) groups is 1. The fourth-order valence-corrected chi connectivity index (χ4v) is 2.33. The summed E-state index contributed by atoms with van der Waals surface area (Å²) in [6, 6.07) is 9.50. The molecule has 0 bridgehead atoms. The molecule has 0 fully saturated rings. The minimum Gasteiger partial charge on any atom is -0.344 e. The van der Waals surface area contributed by atoms with E-state index in [1.807, 2.05) is 37.4 Å². The van der Waals surface area contributed by atoms with Gasteiger partial charge in [0, 0.05) is 20.0 Å². The summed E-state index contributed by atoms with van der Waals surface area (Å²) in [7, 11) is 1.82. The Labute approximate surface area is 124 Å². The van der Waals surface area contributed by atoms with Crippen molar-refractivity contribution in [1.82, 2.24) is 25.1 Å². The summed E-state index contributed by atoms with van der Waals surface area (Å²) in [5.41, 5.74) is 1.09. The average molecular weight is 287 g/mol. The molecule has 1 unspecified atom stereocenters. The van der Waals surface area contributed by atoms with Gasteiger partial charge < -0.3 is 4.90 Å². The Kier molecular flexibility index (Phi) is 5.03. The molecule has 0 spiro atoms. The van der Waals surface area contributed by atoms with E-state index >= 15 is 0 Å². The second-order valence-corrected chi connectivity index (χ2v) is 5.61. The molecule has 2 aromatic rings. The second-order valence-electron chi connectivity index (χ2n) is 5.61. The molecular weight excluding hydrogens is 266 g/mol. The molecule has 2 rings (SSSR count). The molecule has 0 aliphatic heterocycles. The van der Waals surface area contributed by atoms with E-state index in [1.165, 1.54) is 11.0 Å². The van der Waals surface area contributed by atoms with Crippen molar-refractivity contribution in [2.24, 2.45) is 5.92 Å². The quantitative estimate of drug-likeness (QED) is 0.809. The number of likely N-dealkylation sites (N-methyl/N-ethyl adjacent to an activating group) is 1. The summed E-state index contributed by atoms with van der Waals surface area (Å²) in [5.74, 6) is 0.449. The van der Waals surface area contributed by atoms with Gasteiger partial charge in [0.05, 0.1) is 0 Å². The lowest BCUT2D eigenvalue weighted by Gasteiger charge is -2.25. The third-order valence-electron chi connectivity index (χ3n) is 3.26. The van der Waals surface area contributed by atoms with Crippen LogP contribution in [0.2, 0.25) is 0 Å². The Balaban J connectivity index is 2.19. The maximum absolute atomic E-state index is 12.7. The first kappa shape index (κ1) is 15.2. The van der Waals surface area contributed by atoms with Crippen molar-refractivity contribution in [3.8, 4) is 0 Å². The number of amides is 1. The first-order valence-corrected chi connectivity index (χ1v) is 7.09. The van der Waals surface area contributed by atoms with Crippen LogP contribution in [-0.2, 0) is 11.2 Å². The summed E-state index contributed by atoms with van der Waals surface area (Å²) < 4.78 is 1.53. The van der Waals surface area contributed by atoms with Gasteiger partial charge in [0.25, 0.3) is 0 Å². The zero-order chi connectivity index (χ0) is 15.2. The molecule has 1 aromatic carbocycles. The normalized spacial score (nSPS) is 12.4. The fraction of sp³-hybridized carbons (Fsp3) is 0.467. The van der Waals surface area contributed by atoms with E-state index in [-0.39, 0.29) is 5.91 Å². The van der Waals surface area contributed by atoms with E-state index < -0.39 is 6.04 Å². The number of tetrazole rings is 1. The van der Waals surface area contributed by atoms with E-state index in [0.717, 1.165) is 5.56 Å². The van der Waals surface area contributed by atoms with Crippen LogP contribution < -0.4 is 0 Å². The number of rotatable bonds is 6. The van der Waals surface area contributed by atoms with Crippen LogP contribution in [0.5, 0.6) is 0 Å². The minimum atomic E-state index is -0.411. The monoisotopic (exact) mass is 287 g/mol. The molecule has 0 saturated carbocycles. The van der Waals surface area contributed by atoms with Crippen molar-refractivity contribution in [3.63, 3.8) is 0 Å². The van der Waals surface area contributed by atoms with Gasteiger partial charge in [-0.3, -0.25) is 4.79 Å². The Bertz CT molecular complexity index is 553. The molecule has 0 saturated heterocycles. The number of benzene rings is 1. The third-order valence-corrected chi connectivity index (χ3v) is 3.26. The van der Waals surface area contributed by atoms with E-state index in [1.54, 1.807) is 4.90 Å². The summed E-state index contributed by atoms with van der Waals surface area (Å²) in [6.07, 6.45) is 2.07. The molecule has 6 heteroatoms. The molecule has 0 aliphatic carbocycles. The minimum absolute atomic E-state index is 0.0276. The topological polar surface area (TPSA) is 63.9 Å². The predicted octanol–water partition coefficient (Wildman–Crippen LogP) is 1.57. The van der Waals surface area contributed by atoms with Crippen molar-refractivity contribution in [2.75, 3.05) is 13.6 Å². The molecule has 0 radical (unpaired) electrons. The van der Waals surface area contributed by atoms with E-state index in [2.05, 4.69) is 29.4 Å². The molecule has 1 atom stereocenters. The molecule has 6 nitrogen and oxygen atoms in total. The highest BCUT2D eigenvalue weighted by atomic mass is 16.2. The molecular formula is C15H21N5O. The second kappa shape index (κ2) is 6.97. The standard InChI is InChI=1S/C15H21N5O/c1-12(2)10-19(3)15(21)14(20-11-16-17-18-20)9-13-7-5-4-6-8-13/h4-8,11-12,14H,9-10H2,1-3H3. The Hall–Kier alpha value is -2.24. The number of nitrogens with zero attached hydrogens (tertiary/aromatic N) is 5. The van der Waals surface area contributed by atoms with Gasteiger partial charge in [-0.15, -0.1) is 5.10 Å². The SMILES string of the molecule is CC(C)CN(C)C(=O)C(Cc1ccccc1)n1cnnn1. The van der Waals surface area contributed by atoms with Crippen LogP contribution >= 0.6 is 0 Å². The van der Waals surface area contributed by atoms with Gasteiger partial charge in [-0.1, -0.05) is 44.2 Å². The maximum Gasteiger partial charge on any atom is 0.247 e. The number of hydrogen-bond donors (Lipinski definition) is 0. The van der Waals surface area contributed by atoms with Crippen molar-refractivity contribution >= 4 is 5.91 Å². The maximum atomic E-state index is 12.7. The Morgan fingerprint density at radius 1 is 1.29 bits per heavy atom. The summed E-state index contributed by atoms with van der Waals surface area (Å²) in [4.78, 5) is 14.4. The van der Waals surface area contributed by atoms with E-state index in [9.17, 15) is 4.79 Å². The Morgan fingerprint density at radius 2 is 2.00 bits per heavy atom. The van der Waals surface area contributed by atoms with Gasteiger partial charge in [-0.2, -0.15) is 0 Å². The van der Waals surface area contributed by atoms with Crippen molar-refractivity contribution in [1.29, 1.82) is 0 Å². The van der Waals surface area contributed by atoms with Crippen molar-refractivity contribution < 1.29 is 4.79 Å². The molecule has 112 valence electrons. The highest BCUT2D eigenvalue weighted by Gasteiger charge is 2.25. The van der Waals surface area contributed by atoms with Gasteiger partial charge in [0.1, 0.15) is 12.4 Å². The summed E-state index contributed by atoms with van der Waals surface area (Å²) in [5, 5.41) is 11.2. The summed E-state index contributed by atoms with van der Waals surface area (Å²) >= 11 is 0. The average Bonchev–Trinajstić information content (AvgIpc) is 2.98. The van der Waals surface area contributed by atoms with Gasteiger partial charge in [0.2, 0.25) is 5.91 Å². The predicted molar refractivity (Wildman–Crippen MR) is 79.5 cm³/mol. The van der Waals surface area contributed by atoms with E-state index in [0.29, 0.717) is 18.9 Å². The number of aromatic nitrogens is 4. The van der Waals surface area contributed by atoms with Crippen molar-refractivity contribution in [3.05, 3.63) is 42.2 Å². The number of carbonyl (C=O) groups excluding carboxylic acids is 1. The fourth-order valence-electron chi connectivity index (χ4n) is 2.33. The lowest BCUT2D eigenvalue weighted by molar-refractivity contribution is -0.134. The van der Waals surface area contributed by atoms with Crippen LogP contribution in [0.4, 0.5) is 0 Å². The third kappa shape index (κ3) is 4.11. The summed E-state index contributed by atoms with van der Waals surface area (Å²) in [6.45, 7) is 4.90. The lowest BCUT2D eigenvalue weighted by atomic mass is 10.0. The van der Waals surface area contributed by atoms with Crippen LogP contribution in [0, 0.1) is 5.92 Å². The molecule has 21 heavy (non-hydrogen) atoms. The smallest absolute Gasteiger partial charge is 0.247 e. The zero-order valence-corrected chi connectivity index (χ0v) is 12.7. The molecule has 1 heterocycles. The highest BCUT2D eigenvalue weighted by molar-refractivity contribution is 5.80. The molecule has 0 aliphatic rings. The van der Waals surface area contributed by atoms with Crippen LogP contribution in [0.1, 0.15) is 25.5 Å². The first-order chi connectivity index (χ1) is 10.1. The van der Waals surface area contributed by atoms with Gasteiger partial charge in [0.15, 0.2) is 0 Å². The highest BCUT2D eigenvalue weighted by Crippen LogP contribution is 2.16. The van der Waals surface area contributed by atoms with Crippen LogP contribution in [0.25, 0.3) is 0 Å². The van der Waals surface area contributed by atoms with Crippen LogP contribution in [-0.4, -0.2) is 44.6 Å². The zero-order valence-electron chi connectivity index (χ0n) is 12.7. The van der Waals surface area contributed by atoms with Crippen LogP contribution in [0.15, 0.2) is 36.7 Å². The lowest BCUT2D eigenvalue weighted by Crippen LogP contribution is -2.37. The van der Waals surface area contributed by atoms with Gasteiger partial charge in [-0.05, 0) is 21.9 Å². The first-order valence-electron chi connectivity index (χ1n) is 7.09.